The highest BCUT2D eigenvalue weighted by Crippen LogP contribution is 2.37. The van der Waals surface area contributed by atoms with Crippen LogP contribution in [0.4, 0.5) is 5.88 Å². The van der Waals surface area contributed by atoms with Gasteiger partial charge >= 0.3 is 0 Å². The van der Waals surface area contributed by atoms with Crippen LogP contribution in [-0.4, -0.2) is 72.8 Å². The quantitative estimate of drug-likeness (QED) is 0.607. The van der Waals surface area contributed by atoms with Gasteiger partial charge < -0.3 is 19.1 Å². The molecule has 5 rings (SSSR count). The van der Waals surface area contributed by atoms with Crippen LogP contribution in [0, 0.1) is 5.92 Å². The van der Waals surface area contributed by atoms with Gasteiger partial charge in [0.1, 0.15) is 5.69 Å². The van der Waals surface area contributed by atoms with Gasteiger partial charge in [-0.25, -0.2) is 0 Å². The minimum absolute atomic E-state index is 0.187. The molecule has 1 aromatic heterocycles. The number of carbonyl (C=O) groups is 1. The summed E-state index contributed by atoms with van der Waals surface area (Å²) in [6.07, 6.45) is 5.59. The maximum atomic E-state index is 13.3. The Labute approximate surface area is 196 Å². The van der Waals surface area contributed by atoms with Crippen LogP contribution in [0.5, 0.6) is 0 Å². The highest BCUT2D eigenvalue weighted by molar-refractivity contribution is 5.81. The van der Waals surface area contributed by atoms with E-state index in [2.05, 4.69) is 38.9 Å². The van der Waals surface area contributed by atoms with E-state index in [0.717, 1.165) is 94.3 Å². The standard InChI is InChI=1S/C26H36N4O3/c1-20-7-5-6-12-30(20)26-23(24(27-33-26)21-8-3-2-4-9-21)19-29(25(31)22-10-11-22)14-13-28-15-17-32-18-16-28/h2-4,8-9,20,22H,5-7,10-19H2,1H3. The molecule has 0 bridgehead atoms. The number of hydrogen-bond acceptors (Lipinski definition) is 6. The zero-order valence-corrected chi connectivity index (χ0v) is 19.7. The van der Waals surface area contributed by atoms with Gasteiger partial charge in [0.25, 0.3) is 0 Å². The number of ether oxygens (including phenoxy) is 1. The molecule has 3 heterocycles. The monoisotopic (exact) mass is 452 g/mol. The smallest absolute Gasteiger partial charge is 0.233 e. The first-order valence-electron chi connectivity index (χ1n) is 12.6. The van der Waals surface area contributed by atoms with Crippen molar-refractivity contribution >= 4 is 11.8 Å². The number of morpholine rings is 1. The van der Waals surface area contributed by atoms with Crippen LogP contribution >= 0.6 is 0 Å². The lowest BCUT2D eigenvalue weighted by molar-refractivity contribution is -0.133. The van der Waals surface area contributed by atoms with Gasteiger partial charge in [-0.3, -0.25) is 9.69 Å². The van der Waals surface area contributed by atoms with E-state index >= 15 is 0 Å². The third-order valence-electron chi connectivity index (χ3n) is 7.26. The summed E-state index contributed by atoms with van der Waals surface area (Å²) in [5.41, 5.74) is 2.95. The number of amides is 1. The molecule has 2 aromatic rings. The van der Waals surface area contributed by atoms with Crippen LogP contribution < -0.4 is 4.90 Å². The molecule has 1 amide bonds. The summed E-state index contributed by atoms with van der Waals surface area (Å²) in [6, 6.07) is 10.6. The third-order valence-corrected chi connectivity index (χ3v) is 7.26. The molecule has 1 atom stereocenters. The summed E-state index contributed by atoms with van der Waals surface area (Å²) in [6.45, 7) is 8.81. The number of carbonyl (C=O) groups excluding carboxylic acids is 1. The lowest BCUT2D eigenvalue weighted by atomic mass is 10.0. The number of hydrogen-bond donors (Lipinski definition) is 0. The second-order valence-electron chi connectivity index (χ2n) is 9.71. The first kappa shape index (κ1) is 22.4. The van der Waals surface area contributed by atoms with Crippen molar-refractivity contribution in [3.63, 3.8) is 0 Å². The van der Waals surface area contributed by atoms with E-state index in [-0.39, 0.29) is 11.8 Å². The largest absolute Gasteiger partial charge is 0.379 e. The minimum Gasteiger partial charge on any atom is -0.379 e. The van der Waals surface area contributed by atoms with Crippen LogP contribution in [0.3, 0.4) is 0 Å². The summed E-state index contributed by atoms with van der Waals surface area (Å²) >= 11 is 0. The molecule has 2 saturated heterocycles. The number of aromatic nitrogens is 1. The SMILES string of the molecule is CC1CCCCN1c1onc(-c2ccccc2)c1CN(CCN1CCOCC1)C(=O)C1CC1. The van der Waals surface area contributed by atoms with Gasteiger partial charge in [-0.05, 0) is 39.0 Å². The highest BCUT2D eigenvalue weighted by atomic mass is 16.5. The first-order chi connectivity index (χ1) is 16.2. The van der Waals surface area contributed by atoms with E-state index in [1.54, 1.807) is 0 Å². The number of anilines is 1. The normalized spacial score (nSPS) is 21.8. The molecule has 1 aromatic carbocycles. The van der Waals surface area contributed by atoms with E-state index < -0.39 is 0 Å². The molecule has 1 saturated carbocycles. The van der Waals surface area contributed by atoms with Crippen molar-refractivity contribution in [2.75, 3.05) is 50.8 Å². The summed E-state index contributed by atoms with van der Waals surface area (Å²) in [4.78, 5) is 20.1. The molecule has 2 aliphatic heterocycles. The van der Waals surface area contributed by atoms with Gasteiger partial charge in [-0.2, -0.15) is 0 Å². The predicted octanol–water partition coefficient (Wildman–Crippen LogP) is 3.79. The van der Waals surface area contributed by atoms with Gasteiger partial charge in [-0.15, -0.1) is 0 Å². The Morgan fingerprint density at radius 3 is 2.61 bits per heavy atom. The Morgan fingerprint density at radius 1 is 1.09 bits per heavy atom. The summed E-state index contributed by atoms with van der Waals surface area (Å²) in [5, 5.41) is 4.54. The Morgan fingerprint density at radius 2 is 1.88 bits per heavy atom. The fourth-order valence-electron chi connectivity index (χ4n) is 5.02. The van der Waals surface area contributed by atoms with Gasteiger partial charge in [0.15, 0.2) is 0 Å². The van der Waals surface area contributed by atoms with Gasteiger partial charge in [0.2, 0.25) is 11.8 Å². The van der Waals surface area contributed by atoms with Crippen molar-refractivity contribution in [3.8, 4) is 11.3 Å². The zero-order valence-electron chi connectivity index (χ0n) is 19.7. The summed E-state index contributed by atoms with van der Waals surface area (Å²) < 4.78 is 11.5. The minimum atomic E-state index is 0.187. The van der Waals surface area contributed by atoms with E-state index in [9.17, 15) is 4.79 Å². The number of nitrogens with zero attached hydrogens (tertiary/aromatic N) is 4. The molecule has 0 N–H and O–H groups in total. The third kappa shape index (κ3) is 5.25. The lowest BCUT2D eigenvalue weighted by Gasteiger charge is -2.34. The topological polar surface area (TPSA) is 62.1 Å². The molecule has 33 heavy (non-hydrogen) atoms. The number of rotatable bonds is 8. The van der Waals surface area contributed by atoms with Crippen LogP contribution in [0.15, 0.2) is 34.9 Å². The van der Waals surface area contributed by atoms with E-state index in [0.29, 0.717) is 12.6 Å². The second-order valence-corrected chi connectivity index (χ2v) is 9.71. The van der Waals surface area contributed by atoms with Gasteiger partial charge in [-0.1, -0.05) is 35.5 Å². The van der Waals surface area contributed by atoms with E-state index in [1.807, 2.05) is 18.2 Å². The van der Waals surface area contributed by atoms with Gasteiger partial charge in [0, 0.05) is 50.2 Å². The van der Waals surface area contributed by atoms with Gasteiger partial charge in [0.05, 0.1) is 25.3 Å². The summed E-state index contributed by atoms with van der Waals surface area (Å²) in [7, 11) is 0. The zero-order chi connectivity index (χ0) is 22.6. The van der Waals surface area contributed by atoms with E-state index in [4.69, 9.17) is 9.26 Å². The maximum Gasteiger partial charge on any atom is 0.233 e. The molecule has 1 unspecified atom stereocenters. The molecule has 0 spiro atoms. The average Bonchev–Trinajstić information content (AvgIpc) is 3.63. The molecule has 3 fully saturated rings. The van der Waals surface area contributed by atoms with Crippen molar-refractivity contribution in [3.05, 3.63) is 35.9 Å². The molecule has 7 nitrogen and oxygen atoms in total. The number of benzene rings is 1. The van der Waals surface area contributed by atoms with Crippen molar-refractivity contribution in [1.82, 2.24) is 15.0 Å². The predicted molar refractivity (Wildman–Crippen MR) is 128 cm³/mol. The molecule has 178 valence electrons. The van der Waals surface area contributed by atoms with Crippen LogP contribution in [0.1, 0.15) is 44.6 Å². The molecule has 3 aliphatic rings. The Kier molecular flexibility index (Phi) is 6.97. The molecular weight excluding hydrogens is 416 g/mol. The fourth-order valence-corrected chi connectivity index (χ4v) is 5.02. The van der Waals surface area contributed by atoms with Crippen molar-refractivity contribution < 1.29 is 14.1 Å². The number of piperidine rings is 1. The lowest BCUT2D eigenvalue weighted by Crippen LogP contribution is -2.43. The maximum absolute atomic E-state index is 13.3. The van der Waals surface area contributed by atoms with Crippen molar-refractivity contribution in [2.45, 2.75) is 51.6 Å². The van der Waals surface area contributed by atoms with Crippen molar-refractivity contribution in [1.29, 1.82) is 0 Å². The highest BCUT2D eigenvalue weighted by Gasteiger charge is 2.36. The van der Waals surface area contributed by atoms with E-state index in [1.165, 1.54) is 6.42 Å². The fraction of sp³-hybridized carbons (Fsp3) is 0.615. The van der Waals surface area contributed by atoms with Crippen molar-refractivity contribution in [2.24, 2.45) is 5.92 Å². The average molecular weight is 453 g/mol. The molecule has 0 radical (unpaired) electrons. The molecule has 1 aliphatic carbocycles. The molecular formula is C26H36N4O3. The van der Waals surface area contributed by atoms with Crippen LogP contribution in [-0.2, 0) is 16.1 Å². The molecule has 7 heteroatoms. The second kappa shape index (κ2) is 10.3. The van der Waals surface area contributed by atoms with Crippen LogP contribution in [0.2, 0.25) is 0 Å². The first-order valence-corrected chi connectivity index (χ1v) is 12.6. The Balaban J connectivity index is 1.43. The van der Waals surface area contributed by atoms with Crippen LogP contribution in [0.25, 0.3) is 11.3 Å². The summed E-state index contributed by atoms with van der Waals surface area (Å²) in [5.74, 6) is 1.31. The Hall–Kier alpha value is -2.38. The Bertz CT molecular complexity index is 921.